The van der Waals surface area contributed by atoms with Gasteiger partial charge >= 0.3 is 5.97 Å². The molecule has 1 saturated heterocycles. The second-order valence-corrected chi connectivity index (χ2v) is 7.61. The Bertz CT molecular complexity index is 476. The normalized spacial score (nSPS) is 24.6. The lowest BCUT2D eigenvalue weighted by atomic mass is 10.0. The maximum absolute atomic E-state index is 11.9. The molecular weight excluding hydrogens is 284 g/mol. The number of rotatable bonds is 6. The molecule has 20 heavy (non-hydrogen) atoms. The Kier molecular flexibility index (Phi) is 5.52. The highest BCUT2D eigenvalue weighted by Gasteiger charge is 2.39. The van der Waals surface area contributed by atoms with Gasteiger partial charge in [-0.3, -0.25) is 14.5 Å². The van der Waals surface area contributed by atoms with Crippen LogP contribution in [0.2, 0.25) is 0 Å². The molecule has 0 radical (unpaired) electrons. The molecule has 1 amide bonds. The topological polar surface area (TPSA) is 92.8 Å². The van der Waals surface area contributed by atoms with E-state index in [4.69, 9.17) is 4.74 Å². The van der Waals surface area contributed by atoms with Crippen LogP contribution in [0.3, 0.4) is 0 Å². The number of nitrogens with one attached hydrogen (secondary N) is 1. The van der Waals surface area contributed by atoms with Crippen LogP contribution >= 0.6 is 0 Å². The standard InChI is InChI=1S/C12H22N2O5S/c1-4-19-11(16)8-14(3)7-10(15)13-12(2)5-6-20(17,18)9-12/h4-9H2,1-3H3,(H,13,15). The first kappa shape index (κ1) is 16.9. The third-order valence-electron chi connectivity index (χ3n) is 3.06. The molecule has 1 N–H and O–H groups in total. The van der Waals surface area contributed by atoms with E-state index in [1.807, 2.05) is 0 Å². The maximum Gasteiger partial charge on any atom is 0.320 e. The van der Waals surface area contributed by atoms with E-state index in [0.29, 0.717) is 13.0 Å². The Morgan fingerprint density at radius 2 is 2.00 bits per heavy atom. The average molecular weight is 306 g/mol. The molecule has 0 aromatic heterocycles. The zero-order valence-corrected chi connectivity index (χ0v) is 13.0. The Balaban J connectivity index is 2.42. The van der Waals surface area contributed by atoms with Gasteiger partial charge in [-0.1, -0.05) is 0 Å². The molecule has 116 valence electrons. The fourth-order valence-electron chi connectivity index (χ4n) is 2.21. The number of ether oxygens (including phenoxy) is 1. The van der Waals surface area contributed by atoms with E-state index in [2.05, 4.69) is 5.32 Å². The zero-order valence-electron chi connectivity index (χ0n) is 12.1. The van der Waals surface area contributed by atoms with Crippen molar-refractivity contribution in [1.29, 1.82) is 0 Å². The lowest BCUT2D eigenvalue weighted by molar-refractivity contribution is -0.144. The van der Waals surface area contributed by atoms with Gasteiger partial charge in [0.2, 0.25) is 5.91 Å². The second kappa shape index (κ2) is 6.53. The summed E-state index contributed by atoms with van der Waals surface area (Å²) in [5.74, 6) is -0.621. The number of hydrogen-bond acceptors (Lipinski definition) is 6. The Morgan fingerprint density at radius 3 is 2.50 bits per heavy atom. The molecule has 1 aliphatic heterocycles. The Morgan fingerprint density at radius 1 is 1.35 bits per heavy atom. The lowest BCUT2D eigenvalue weighted by Gasteiger charge is -2.25. The molecule has 0 saturated carbocycles. The van der Waals surface area contributed by atoms with Crippen molar-refractivity contribution in [2.24, 2.45) is 0 Å². The van der Waals surface area contributed by atoms with Crippen molar-refractivity contribution in [2.75, 3.05) is 38.2 Å². The molecule has 0 spiro atoms. The van der Waals surface area contributed by atoms with Crippen LogP contribution in [0, 0.1) is 0 Å². The van der Waals surface area contributed by atoms with E-state index in [0.717, 1.165) is 0 Å². The molecule has 8 heteroatoms. The minimum atomic E-state index is -3.06. The number of carbonyl (C=O) groups excluding carboxylic acids is 2. The minimum absolute atomic E-state index is 0.0223. The Hall–Kier alpha value is -1.15. The van der Waals surface area contributed by atoms with E-state index in [-0.39, 0.29) is 30.5 Å². The molecule has 1 atom stereocenters. The summed E-state index contributed by atoms with van der Waals surface area (Å²) >= 11 is 0. The average Bonchev–Trinajstić information content (AvgIpc) is 2.51. The van der Waals surface area contributed by atoms with Gasteiger partial charge in [0, 0.05) is 0 Å². The third kappa shape index (κ3) is 5.46. The molecule has 1 heterocycles. The third-order valence-corrected chi connectivity index (χ3v) is 4.97. The van der Waals surface area contributed by atoms with Gasteiger partial charge < -0.3 is 10.1 Å². The summed E-state index contributed by atoms with van der Waals surface area (Å²) in [7, 11) is -1.43. The summed E-state index contributed by atoms with van der Waals surface area (Å²) < 4.78 is 27.7. The molecule has 0 aromatic carbocycles. The van der Waals surface area contributed by atoms with Crippen molar-refractivity contribution < 1.29 is 22.7 Å². The fraction of sp³-hybridized carbons (Fsp3) is 0.833. The zero-order chi connectivity index (χ0) is 15.4. The summed E-state index contributed by atoms with van der Waals surface area (Å²) in [6.45, 7) is 3.78. The summed E-state index contributed by atoms with van der Waals surface area (Å²) in [4.78, 5) is 24.6. The van der Waals surface area contributed by atoms with Gasteiger partial charge in [0.1, 0.15) is 0 Å². The van der Waals surface area contributed by atoms with Gasteiger partial charge in [-0.15, -0.1) is 0 Å². The molecule has 1 fully saturated rings. The van der Waals surface area contributed by atoms with Gasteiger partial charge in [0.25, 0.3) is 0 Å². The van der Waals surface area contributed by atoms with E-state index >= 15 is 0 Å². The summed E-state index contributed by atoms with van der Waals surface area (Å²) in [5.41, 5.74) is -0.708. The highest BCUT2D eigenvalue weighted by Crippen LogP contribution is 2.22. The molecule has 1 aliphatic rings. The molecule has 1 rings (SSSR count). The number of carbonyl (C=O) groups is 2. The summed E-state index contributed by atoms with van der Waals surface area (Å²) in [6.07, 6.45) is 0.419. The van der Waals surface area contributed by atoms with Crippen LogP contribution in [0.4, 0.5) is 0 Å². The van der Waals surface area contributed by atoms with Crippen molar-refractivity contribution in [1.82, 2.24) is 10.2 Å². The van der Waals surface area contributed by atoms with Crippen molar-refractivity contribution in [3.63, 3.8) is 0 Å². The number of amides is 1. The van der Waals surface area contributed by atoms with Crippen LogP contribution in [0.25, 0.3) is 0 Å². The van der Waals surface area contributed by atoms with E-state index < -0.39 is 21.3 Å². The van der Waals surface area contributed by atoms with Crippen molar-refractivity contribution in [3.8, 4) is 0 Å². The predicted molar refractivity (Wildman–Crippen MR) is 73.9 cm³/mol. The summed E-state index contributed by atoms with van der Waals surface area (Å²) in [5, 5.41) is 2.74. The first-order valence-corrected chi connectivity index (χ1v) is 8.33. The van der Waals surface area contributed by atoms with E-state index in [1.165, 1.54) is 4.90 Å². The number of nitrogens with zero attached hydrogens (tertiary/aromatic N) is 1. The van der Waals surface area contributed by atoms with Gasteiger partial charge in [0.15, 0.2) is 9.84 Å². The van der Waals surface area contributed by atoms with Crippen LogP contribution in [0.1, 0.15) is 20.3 Å². The molecule has 1 unspecified atom stereocenters. The van der Waals surface area contributed by atoms with Crippen LogP contribution in [0.15, 0.2) is 0 Å². The predicted octanol–water partition coefficient (Wildman–Crippen LogP) is -0.825. The van der Waals surface area contributed by atoms with E-state index in [9.17, 15) is 18.0 Å². The first-order valence-electron chi connectivity index (χ1n) is 6.51. The number of likely N-dealkylation sites (N-methyl/N-ethyl adjacent to an activating group) is 1. The molecule has 0 bridgehead atoms. The second-order valence-electron chi connectivity index (χ2n) is 5.43. The molecule has 7 nitrogen and oxygen atoms in total. The Labute approximate surface area is 119 Å². The highest BCUT2D eigenvalue weighted by molar-refractivity contribution is 7.91. The van der Waals surface area contributed by atoms with Gasteiger partial charge in [0.05, 0.1) is 36.7 Å². The van der Waals surface area contributed by atoms with Crippen LogP contribution in [0.5, 0.6) is 0 Å². The lowest BCUT2D eigenvalue weighted by Crippen LogP contribution is -2.50. The van der Waals surface area contributed by atoms with Crippen molar-refractivity contribution in [3.05, 3.63) is 0 Å². The minimum Gasteiger partial charge on any atom is -0.465 e. The van der Waals surface area contributed by atoms with Gasteiger partial charge in [-0.25, -0.2) is 8.42 Å². The first-order chi connectivity index (χ1) is 9.16. The monoisotopic (exact) mass is 306 g/mol. The van der Waals surface area contributed by atoms with Crippen LogP contribution in [-0.4, -0.2) is 69.0 Å². The molecule has 0 aliphatic carbocycles. The number of esters is 1. The van der Waals surface area contributed by atoms with Crippen LogP contribution in [-0.2, 0) is 24.2 Å². The van der Waals surface area contributed by atoms with Crippen LogP contribution < -0.4 is 5.32 Å². The highest BCUT2D eigenvalue weighted by atomic mass is 32.2. The quantitative estimate of drug-likeness (QED) is 0.644. The fourth-order valence-corrected chi connectivity index (χ4v) is 4.31. The molecule has 0 aromatic rings. The summed E-state index contributed by atoms with van der Waals surface area (Å²) in [6, 6.07) is 0. The van der Waals surface area contributed by atoms with Gasteiger partial charge in [-0.05, 0) is 27.3 Å². The largest absolute Gasteiger partial charge is 0.465 e. The maximum atomic E-state index is 11.9. The van der Waals surface area contributed by atoms with Crippen molar-refractivity contribution >= 4 is 21.7 Å². The number of sulfone groups is 1. The smallest absolute Gasteiger partial charge is 0.320 e. The SMILES string of the molecule is CCOC(=O)CN(C)CC(=O)NC1(C)CCS(=O)(=O)C1. The van der Waals surface area contributed by atoms with Gasteiger partial charge in [-0.2, -0.15) is 0 Å². The van der Waals surface area contributed by atoms with E-state index in [1.54, 1.807) is 20.9 Å². The van der Waals surface area contributed by atoms with Crippen molar-refractivity contribution in [2.45, 2.75) is 25.8 Å². The molecular formula is C12H22N2O5S. The number of hydrogen-bond donors (Lipinski definition) is 1.